The lowest BCUT2D eigenvalue weighted by Crippen LogP contribution is -1.95. The van der Waals surface area contributed by atoms with Crippen LogP contribution >= 0.6 is 0 Å². The van der Waals surface area contributed by atoms with E-state index in [0.29, 0.717) is 0 Å². The third kappa shape index (κ3) is 1.76. The summed E-state index contributed by atoms with van der Waals surface area (Å²) in [6.07, 6.45) is 6.73. The predicted molar refractivity (Wildman–Crippen MR) is 42.0 cm³/mol. The highest BCUT2D eigenvalue weighted by molar-refractivity contribution is 5.03. The first-order chi connectivity index (χ1) is 5.34. The van der Waals surface area contributed by atoms with Crippen LogP contribution < -0.4 is 0 Å². The zero-order chi connectivity index (χ0) is 7.68. The minimum Gasteiger partial charge on any atom is -0.238 e. The van der Waals surface area contributed by atoms with Gasteiger partial charge >= 0.3 is 0 Å². The molecule has 2 rings (SSSR count). The van der Waals surface area contributed by atoms with E-state index in [1.165, 1.54) is 12.8 Å². The van der Waals surface area contributed by atoms with Crippen molar-refractivity contribution in [2.75, 3.05) is 0 Å². The van der Waals surface area contributed by atoms with Crippen LogP contribution in [0.3, 0.4) is 0 Å². The lowest BCUT2D eigenvalue weighted by Gasteiger charge is -1.97. The molecular formula is C9H11N2. The Morgan fingerprint density at radius 3 is 3.09 bits per heavy atom. The summed E-state index contributed by atoms with van der Waals surface area (Å²) in [6, 6.07) is 1.89. The molecule has 57 valence electrons. The molecule has 1 aromatic rings. The molecule has 1 aliphatic carbocycles. The minimum absolute atomic E-state index is 0.836. The largest absolute Gasteiger partial charge is 0.238 e. The molecule has 11 heavy (non-hydrogen) atoms. The van der Waals surface area contributed by atoms with Crippen molar-refractivity contribution < 1.29 is 0 Å². The van der Waals surface area contributed by atoms with Crippen LogP contribution in [-0.2, 0) is 6.42 Å². The average molecular weight is 147 g/mol. The molecule has 0 unspecified atom stereocenters. The van der Waals surface area contributed by atoms with Gasteiger partial charge in [-0.3, -0.25) is 0 Å². The quantitative estimate of drug-likeness (QED) is 0.634. The van der Waals surface area contributed by atoms with Crippen molar-refractivity contribution in [2.24, 2.45) is 5.92 Å². The van der Waals surface area contributed by atoms with Crippen LogP contribution in [0.5, 0.6) is 0 Å². The monoisotopic (exact) mass is 147 g/mol. The summed E-state index contributed by atoms with van der Waals surface area (Å²) in [4.78, 5) is 8.24. The van der Waals surface area contributed by atoms with Crippen LogP contribution in [0.4, 0.5) is 0 Å². The van der Waals surface area contributed by atoms with Gasteiger partial charge in [-0.25, -0.2) is 9.97 Å². The molecule has 1 saturated carbocycles. The van der Waals surface area contributed by atoms with Gasteiger partial charge in [0.25, 0.3) is 0 Å². The molecule has 0 spiro atoms. The third-order valence-corrected chi connectivity index (χ3v) is 1.96. The summed E-state index contributed by atoms with van der Waals surface area (Å²) in [5.74, 6) is 1.74. The Kier molecular flexibility index (Phi) is 1.60. The first kappa shape index (κ1) is 6.77. The molecule has 0 aromatic carbocycles. The Balaban J connectivity index is 2.10. The molecule has 1 aliphatic rings. The fourth-order valence-electron chi connectivity index (χ4n) is 1.19. The van der Waals surface area contributed by atoms with Crippen LogP contribution in [0.15, 0.2) is 6.07 Å². The number of rotatable bonds is 2. The Bertz CT molecular complexity index is 253. The third-order valence-electron chi connectivity index (χ3n) is 1.96. The van der Waals surface area contributed by atoms with Crippen molar-refractivity contribution in [1.29, 1.82) is 0 Å². The van der Waals surface area contributed by atoms with Gasteiger partial charge < -0.3 is 0 Å². The summed E-state index contributed by atoms with van der Waals surface area (Å²) >= 11 is 0. The summed E-state index contributed by atoms with van der Waals surface area (Å²) in [5, 5.41) is 0. The topological polar surface area (TPSA) is 25.8 Å². The normalized spacial score (nSPS) is 16.8. The molecule has 1 radical (unpaired) electrons. The zero-order valence-corrected chi connectivity index (χ0v) is 6.67. The van der Waals surface area contributed by atoms with Crippen molar-refractivity contribution in [3.8, 4) is 0 Å². The molecule has 1 fully saturated rings. The highest BCUT2D eigenvalue weighted by Crippen LogP contribution is 2.31. The standard InChI is InChI=1S/C9H11N2/c1-7-10-5-4-9(11-7)6-8-2-3-8/h4,8H,2-3,6H2,1H3. The maximum atomic E-state index is 4.31. The second-order valence-electron chi connectivity index (χ2n) is 3.18. The minimum atomic E-state index is 0.836. The predicted octanol–water partition coefficient (Wildman–Crippen LogP) is 1.54. The maximum Gasteiger partial charge on any atom is 0.126 e. The molecule has 2 nitrogen and oxygen atoms in total. The lowest BCUT2D eigenvalue weighted by molar-refractivity contribution is 0.789. The molecular weight excluding hydrogens is 136 g/mol. The Hall–Kier alpha value is -0.920. The second kappa shape index (κ2) is 2.61. The van der Waals surface area contributed by atoms with Gasteiger partial charge in [0, 0.05) is 5.69 Å². The highest BCUT2D eigenvalue weighted by Gasteiger charge is 2.21. The van der Waals surface area contributed by atoms with Gasteiger partial charge in [-0.2, -0.15) is 0 Å². The van der Waals surface area contributed by atoms with E-state index in [0.717, 1.165) is 23.9 Å². The van der Waals surface area contributed by atoms with E-state index in [2.05, 4.69) is 16.2 Å². The number of aryl methyl sites for hydroxylation is 1. The fourth-order valence-corrected chi connectivity index (χ4v) is 1.19. The molecule has 0 saturated heterocycles. The van der Waals surface area contributed by atoms with E-state index >= 15 is 0 Å². The molecule has 1 aromatic heterocycles. The van der Waals surface area contributed by atoms with Gasteiger partial charge in [-0.15, -0.1) is 0 Å². The van der Waals surface area contributed by atoms with Crippen LogP contribution in [-0.4, -0.2) is 9.97 Å². The van der Waals surface area contributed by atoms with E-state index < -0.39 is 0 Å². The molecule has 0 bridgehead atoms. The van der Waals surface area contributed by atoms with Crippen molar-refractivity contribution in [2.45, 2.75) is 26.2 Å². The first-order valence-corrected chi connectivity index (χ1v) is 4.05. The molecule has 1 heterocycles. The van der Waals surface area contributed by atoms with Gasteiger partial charge in [-0.05, 0) is 38.2 Å². The van der Waals surface area contributed by atoms with Gasteiger partial charge in [0.1, 0.15) is 5.82 Å². The molecule has 0 N–H and O–H groups in total. The lowest BCUT2D eigenvalue weighted by atomic mass is 10.2. The Morgan fingerprint density at radius 1 is 1.64 bits per heavy atom. The SMILES string of the molecule is Cc1n[c]cc(CC2CC2)n1. The van der Waals surface area contributed by atoms with Crippen molar-refractivity contribution in [3.05, 3.63) is 23.8 Å². The van der Waals surface area contributed by atoms with E-state index in [9.17, 15) is 0 Å². The number of hydrogen-bond donors (Lipinski definition) is 0. The first-order valence-electron chi connectivity index (χ1n) is 4.05. The molecule has 0 amide bonds. The van der Waals surface area contributed by atoms with Crippen molar-refractivity contribution in [3.63, 3.8) is 0 Å². The van der Waals surface area contributed by atoms with E-state index in [4.69, 9.17) is 0 Å². The van der Waals surface area contributed by atoms with Crippen LogP contribution in [0.1, 0.15) is 24.4 Å². The average Bonchev–Trinajstić information content (AvgIpc) is 2.71. The number of aromatic nitrogens is 2. The van der Waals surface area contributed by atoms with Crippen LogP contribution in [0.2, 0.25) is 0 Å². The smallest absolute Gasteiger partial charge is 0.126 e. The highest BCUT2D eigenvalue weighted by atomic mass is 14.9. The Labute approximate surface area is 66.7 Å². The van der Waals surface area contributed by atoms with Gasteiger partial charge in [-0.1, -0.05) is 0 Å². The van der Waals surface area contributed by atoms with E-state index in [-0.39, 0.29) is 0 Å². The summed E-state index contributed by atoms with van der Waals surface area (Å²) in [6.45, 7) is 1.91. The molecule has 2 heteroatoms. The van der Waals surface area contributed by atoms with Crippen LogP contribution in [0, 0.1) is 19.0 Å². The summed E-state index contributed by atoms with van der Waals surface area (Å²) in [5.41, 5.74) is 1.15. The van der Waals surface area contributed by atoms with E-state index in [1.807, 2.05) is 13.0 Å². The van der Waals surface area contributed by atoms with Crippen molar-refractivity contribution >= 4 is 0 Å². The van der Waals surface area contributed by atoms with Crippen LogP contribution in [0.25, 0.3) is 0 Å². The fraction of sp³-hybridized carbons (Fsp3) is 0.556. The summed E-state index contributed by atoms with van der Waals surface area (Å²) < 4.78 is 0. The summed E-state index contributed by atoms with van der Waals surface area (Å²) in [7, 11) is 0. The number of hydrogen-bond acceptors (Lipinski definition) is 2. The van der Waals surface area contributed by atoms with Gasteiger partial charge in [0.15, 0.2) is 0 Å². The van der Waals surface area contributed by atoms with Crippen molar-refractivity contribution in [1.82, 2.24) is 9.97 Å². The Morgan fingerprint density at radius 2 is 2.45 bits per heavy atom. The van der Waals surface area contributed by atoms with Gasteiger partial charge in [0.2, 0.25) is 0 Å². The molecule has 0 atom stereocenters. The maximum absolute atomic E-state index is 4.31. The molecule has 0 aliphatic heterocycles. The van der Waals surface area contributed by atoms with Gasteiger partial charge in [0.05, 0.1) is 6.20 Å². The second-order valence-corrected chi connectivity index (χ2v) is 3.18. The number of nitrogens with zero attached hydrogens (tertiary/aromatic N) is 2. The zero-order valence-electron chi connectivity index (χ0n) is 6.67. The van der Waals surface area contributed by atoms with E-state index in [1.54, 1.807) is 0 Å².